The maximum atomic E-state index is 10.9. The number of hydrogen-bond donors (Lipinski definition) is 4. The van der Waals surface area contributed by atoms with Crippen LogP contribution in [-0.2, 0) is 19.5 Å². The predicted octanol–water partition coefficient (Wildman–Crippen LogP) is 4.92. The third-order valence-electron chi connectivity index (χ3n) is 7.64. The van der Waals surface area contributed by atoms with E-state index in [4.69, 9.17) is 57.2 Å². The number of alkyl halides is 1. The summed E-state index contributed by atoms with van der Waals surface area (Å²) in [6.45, 7) is 8.79. The number of nitriles is 1. The highest BCUT2D eigenvalue weighted by Gasteiger charge is 2.20. The van der Waals surface area contributed by atoms with Gasteiger partial charge in [-0.3, -0.25) is 25.0 Å². The maximum Gasteiger partial charge on any atom is 0.366 e. The molecule has 0 amide bonds. The van der Waals surface area contributed by atoms with E-state index in [9.17, 15) is 49.6 Å². The lowest BCUT2D eigenvalue weighted by atomic mass is 10.1. The van der Waals surface area contributed by atoms with Crippen LogP contribution < -0.4 is 17.1 Å². The molecule has 0 atom stereocenters. The fourth-order valence-corrected chi connectivity index (χ4v) is 4.87. The first-order valence-corrected chi connectivity index (χ1v) is 19.7. The lowest BCUT2D eigenvalue weighted by molar-refractivity contribution is -0.386. The van der Waals surface area contributed by atoms with Crippen molar-refractivity contribution in [3.8, 4) is 29.1 Å². The first-order chi connectivity index (χ1) is 33.3. The molecule has 5 heterocycles. The normalized spacial score (nSPS) is 9.65. The number of aryl methyl sites for hydroxylation is 1. The van der Waals surface area contributed by atoms with Crippen molar-refractivity contribution >= 4 is 64.5 Å². The Morgan fingerprint density at radius 1 is 0.746 bits per heavy atom. The Bertz CT molecular complexity index is 3070. The zero-order valence-electron chi connectivity index (χ0n) is 35.7. The van der Waals surface area contributed by atoms with Crippen LogP contribution in [0.3, 0.4) is 0 Å². The fraction of sp³-hybridized carbons (Fsp3) is 0.122. The first kappa shape index (κ1) is 59.4. The number of benzene rings is 2. The van der Waals surface area contributed by atoms with Gasteiger partial charge in [-0.15, -0.1) is 19.8 Å². The lowest BCUT2D eigenvalue weighted by Gasteiger charge is -2.02. The number of hydrogen-bond acceptors (Lipinski definition) is 21. The minimum Gasteiger partial charge on any atom is -0.504 e. The SMILES string of the molecule is C.Cc1ccncn1.ClCc1ccncn1.Cn1c(=O)n(Cl)c(=O)n(Cl)c1=O.N#C/C(=C\c1cc(O)c(O)c([N+](=O)[O-])c1)c1ccncn1.O=Cc1cc(O)c(O)c([N+](=O)[O-])c1.[C-]#[N+]Cc1ccncn1. The Kier molecular flexibility index (Phi) is 25.7. The minimum atomic E-state index is -1.08. The topological polar surface area (TPSA) is 382 Å². The summed E-state index contributed by atoms with van der Waals surface area (Å²) in [5.74, 6) is -2.53. The summed E-state index contributed by atoms with van der Waals surface area (Å²) < 4.78 is 1.05. The summed E-state index contributed by atoms with van der Waals surface area (Å²) in [4.78, 5) is 95.7. The molecule has 0 radical (unpaired) electrons. The second kappa shape index (κ2) is 30.7. The van der Waals surface area contributed by atoms with Gasteiger partial charge in [0.15, 0.2) is 11.5 Å². The van der Waals surface area contributed by atoms with E-state index >= 15 is 0 Å². The standard InChI is InChI=1S/C13H8N4O4.C7H5NO5.C6H5N3.C5H5ClN2.C5H6N2.C4H3Cl2N3O3.CH4/c14-6-9(10-1-2-15-7-16-10)3-8-4-11(17(20)21)13(19)12(18)5-8;9-3-4-1-5(8(12)13)7(11)6(10)2-4;1-7-4-6-2-3-8-5-9-6;6-3-5-1-2-7-4-8-5;1-5-2-3-6-4-7-5;1-7-2(10)8(5)4(12)9(6)3(7)11;/h1-5,7,18-19H;1-3,10-11H;2-3,5H,4H2;1-2,4H,3H2;2-4H,1H3;1H3;1H4/b9-3+;;;;;;. The Balaban J connectivity index is 0.000000443. The maximum absolute atomic E-state index is 10.9. The highest BCUT2D eigenvalue weighted by atomic mass is 35.5. The summed E-state index contributed by atoms with van der Waals surface area (Å²) in [6.07, 6.45) is 13.9. The van der Waals surface area contributed by atoms with Gasteiger partial charge in [0.05, 0.1) is 32.7 Å². The van der Waals surface area contributed by atoms with Crippen LogP contribution in [0.1, 0.15) is 46.1 Å². The molecule has 4 N–H and O–H groups in total. The van der Waals surface area contributed by atoms with Crippen LogP contribution in [0.4, 0.5) is 11.4 Å². The quantitative estimate of drug-likeness (QED) is 0.0313. The van der Waals surface area contributed by atoms with Crippen LogP contribution in [0, 0.1) is 45.1 Å². The van der Waals surface area contributed by atoms with Crippen LogP contribution in [0.25, 0.3) is 16.5 Å². The molecule has 0 aliphatic heterocycles. The molecule has 0 saturated heterocycles. The molecule has 5 aromatic heterocycles. The van der Waals surface area contributed by atoms with E-state index in [1.165, 1.54) is 43.6 Å². The zero-order chi connectivity index (χ0) is 52.3. The molecule has 0 bridgehead atoms. The number of halogens is 3. The molecule has 7 aromatic rings. The van der Waals surface area contributed by atoms with Gasteiger partial charge in [-0.05, 0) is 55.0 Å². The smallest absolute Gasteiger partial charge is 0.366 e. The van der Waals surface area contributed by atoms with Gasteiger partial charge in [-0.25, -0.2) is 65.4 Å². The van der Waals surface area contributed by atoms with Gasteiger partial charge >= 0.3 is 28.4 Å². The van der Waals surface area contributed by atoms with E-state index in [-0.39, 0.29) is 32.3 Å². The largest absolute Gasteiger partial charge is 0.504 e. The molecule has 7 rings (SSSR count). The number of rotatable bonds is 7. The number of nitrogens with zero attached hydrogens (tertiary/aromatic N) is 15. The second-order valence-corrected chi connectivity index (χ2v) is 13.3. The predicted molar refractivity (Wildman–Crippen MR) is 254 cm³/mol. The van der Waals surface area contributed by atoms with E-state index < -0.39 is 61.3 Å². The summed E-state index contributed by atoms with van der Waals surface area (Å²) >= 11 is 15.8. The van der Waals surface area contributed by atoms with Crippen molar-refractivity contribution in [2.45, 2.75) is 26.8 Å². The molecule has 0 aliphatic rings. The molecular formula is C41H36Cl3N15O12. The number of phenols is 4. The van der Waals surface area contributed by atoms with Gasteiger partial charge in [0.2, 0.25) is 11.5 Å². The van der Waals surface area contributed by atoms with Crippen molar-refractivity contribution in [1.82, 2.24) is 52.6 Å². The van der Waals surface area contributed by atoms with Gasteiger partial charge in [0.1, 0.15) is 43.4 Å². The van der Waals surface area contributed by atoms with Gasteiger partial charge in [-0.1, -0.05) is 7.43 Å². The number of aromatic hydroxyl groups is 4. The van der Waals surface area contributed by atoms with E-state index in [1.807, 2.05) is 19.1 Å². The summed E-state index contributed by atoms with van der Waals surface area (Å²) in [6, 6.07) is 12.8. The Hall–Kier alpha value is -9.57. The Labute approximate surface area is 414 Å². The number of carbonyl (C=O) groups is 1. The zero-order valence-corrected chi connectivity index (χ0v) is 38.0. The van der Waals surface area contributed by atoms with Crippen LogP contribution >= 0.6 is 35.2 Å². The van der Waals surface area contributed by atoms with Gasteiger partial charge in [-0.2, -0.15) is 5.26 Å². The molecular weight excluding hydrogens is 1000 g/mol. The molecule has 0 aliphatic carbocycles. The summed E-state index contributed by atoms with van der Waals surface area (Å²) in [5.41, 5.74) is -1.03. The number of carbonyl (C=O) groups excluding carboxylic acids is 1. The van der Waals surface area contributed by atoms with Crippen molar-refractivity contribution in [3.63, 3.8) is 0 Å². The van der Waals surface area contributed by atoms with Gasteiger partial charge in [0.25, 0.3) is 6.54 Å². The molecule has 368 valence electrons. The molecule has 0 spiro atoms. The second-order valence-electron chi connectivity index (χ2n) is 12.4. The van der Waals surface area contributed by atoms with E-state index in [0.717, 1.165) is 48.4 Å². The number of aromatic nitrogens is 11. The number of phenolic OH excluding ortho intramolecular Hbond substituents is 4. The van der Waals surface area contributed by atoms with Crippen molar-refractivity contribution in [1.29, 1.82) is 5.26 Å². The number of aldehydes is 1. The number of nitro benzene ring substituents is 2. The molecule has 27 nitrogen and oxygen atoms in total. The molecule has 2 aromatic carbocycles. The van der Waals surface area contributed by atoms with Crippen molar-refractivity contribution in [3.05, 3.63) is 196 Å². The molecule has 71 heavy (non-hydrogen) atoms. The van der Waals surface area contributed by atoms with E-state index in [0.29, 0.717) is 29.0 Å². The van der Waals surface area contributed by atoms with E-state index in [2.05, 4.69) is 44.7 Å². The third-order valence-corrected chi connectivity index (χ3v) is 8.49. The Morgan fingerprint density at radius 3 is 1.55 bits per heavy atom. The van der Waals surface area contributed by atoms with Crippen LogP contribution in [0.2, 0.25) is 0 Å². The summed E-state index contributed by atoms with van der Waals surface area (Å²) in [5, 5.41) is 67.0. The van der Waals surface area contributed by atoms with Gasteiger partial charge in [0, 0.05) is 78.8 Å². The van der Waals surface area contributed by atoms with Crippen LogP contribution in [0.5, 0.6) is 23.0 Å². The summed E-state index contributed by atoms with van der Waals surface area (Å²) in [7, 11) is 1.15. The van der Waals surface area contributed by atoms with Crippen LogP contribution in [0.15, 0.2) is 113 Å². The lowest BCUT2D eigenvalue weighted by Crippen LogP contribution is -2.48. The van der Waals surface area contributed by atoms with Crippen molar-refractivity contribution in [2.75, 3.05) is 0 Å². The first-order valence-electron chi connectivity index (χ1n) is 18.4. The van der Waals surface area contributed by atoms with Crippen molar-refractivity contribution < 1.29 is 35.1 Å². The number of allylic oxidation sites excluding steroid dienone is 1. The number of nitro groups is 2. The third kappa shape index (κ3) is 19.3. The van der Waals surface area contributed by atoms with Crippen molar-refractivity contribution in [2.24, 2.45) is 7.05 Å². The monoisotopic (exact) mass is 1040 g/mol. The van der Waals surface area contributed by atoms with Gasteiger partial charge < -0.3 is 25.3 Å². The molecule has 0 fully saturated rings. The highest BCUT2D eigenvalue weighted by molar-refractivity contribution is 6.17. The highest BCUT2D eigenvalue weighted by Crippen LogP contribution is 2.37. The van der Waals surface area contributed by atoms with E-state index in [1.54, 1.807) is 30.7 Å². The minimum absolute atomic E-state index is 0. The average molecular weight is 1040 g/mol. The molecule has 30 heteroatoms. The molecule has 0 unspecified atom stereocenters. The molecule has 0 saturated carbocycles. The average Bonchev–Trinajstić information content (AvgIpc) is 3.37. The fourth-order valence-electron chi connectivity index (χ4n) is 4.29. The van der Waals surface area contributed by atoms with Crippen LogP contribution in [-0.4, -0.2) is 89.2 Å². The Morgan fingerprint density at radius 2 is 1.20 bits per heavy atom.